The highest BCUT2D eigenvalue weighted by atomic mass is 16.5. The van der Waals surface area contributed by atoms with Crippen LogP contribution in [-0.2, 0) is 18.2 Å². The number of benzene rings is 2. The van der Waals surface area contributed by atoms with E-state index < -0.39 is 0 Å². The lowest BCUT2D eigenvalue weighted by atomic mass is 10.0. The highest BCUT2D eigenvalue weighted by Crippen LogP contribution is 2.24. The maximum Gasteiger partial charge on any atom is 0.337 e. The van der Waals surface area contributed by atoms with Crippen molar-refractivity contribution in [3.8, 4) is 0 Å². The highest BCUT2D eigenvalue weighted by Gasteiger charge is 2.11. The van der Waals surface area contributed by atoms with Crippen LogP contribution in [-0.4, -0.2) is 17.6 Å². The molecule has 0 radical (unpaired) electrons. The van der Waals surface area contributed by atoms with Gasteiger partial charge in [-0.15, -0.1) is 0 Å². The van der Waals surface area contributed by atoms with Gasteiger partial charge in [-0.05, 0) is 29.7 Å². The maximum absolute atomic E-state index is 11.6. The number of aromatic nitrogens is 1. The Morgan fingerprint density at radius 3 is 2.62 bits per heavy atom. The molecule has 2 aromatic carbocycles. The molecule has 3 heteroatoms. The van der Waals surface area contributed by atoms with Gasteiger partial charge in [0.1, 0.15) is 0 Å². The van der Waals surface area contributed by atoms with Crippen molar-refractivity contribution in [2.24, 2.45) is 7.05 Å². The number of nitrogens with zero attached hydrogens (tertiary/aromatic N) is 1. The van der Waals surface area contributed by atoms with Crippen molar-refractivity contribution >= 4 is 16.9 Å². The number of hydrogen-bond acceptors (Lipinski definition) is 2. The Labute approximate surface area is 123 Å². The van der Waals surface area contributed by atoms with Crippen molar-refractivity contribution < 1.29 is 9.53 Å². The summed E-state index contributed by atoms with van der Waals surface area (Å²) in [5.41, 5.74) is 4.17. The summed E-state index contributed by atoms with van der Waals surface area (Å²) in [4.78, 5) is 11.6. The smallest absolute Gasteiger partial charge is 0.337 e. The van der Waals surface area contributed by atoms with E-state index in [9.17, 15) is 4.79 Å². The lowest BCUT2D eigenvalue weighted by Gasteiger charge is -2.02. The molecule has 0 atom stereocenters. The second-order valence-electron chi connectivity index (χ2n) is 5.15. The Morgan fingerprint density at radius 2 is 1.90 bits per heavy atom. The van der Waals surface area contributed by atoms with Gasteiger partial charge in [-0.3, -0.25) is 0 Å². The predicted molar refractivity (Wildman–Crippen MR) is 83.5 cm³/mol. The van der Waals surface area contributed by atoms with Gasteiger partial charge >= 0.3 is 5.97 Å². The minimum atomic E-state index is -0.303. The van der Waals surface area contributed by atoms with Gasteiger partial charge < -0.3 is 9.30 Å². The van der Waals surface area contributed by atoms with Gasteiger partial charge in [0.15, 0.2) is 0 Å². The predicted octanol–water partition coefficient (Wildman–Crippen LogP) is 3.56. The van der Waals surface area contributed by atoms with E-state index in [4.69, 9.17) is 4.74 Å². The monoisotopic (exact) mass is 279 g/mol. The second-order valence-corrected chi connectivity index (χ2v) is 5.15. The van der Waals surface area contributed by atoms with Gasteiger partial charge in [-0.25, -0.2) is 4.79 Å². The molecule has 21 heavy (non-hydrogen) atoms. The minimum absolute atomic E-state index is 0.303. The third kappa shape index (κ3) is 2.55. The molecule has 3 aromatic rings. The first kappa shape index (κ1) is 13.4. The molecule has 0 fully saturated rings. The lowest BCUT2D eigenvalue weighted by Crippen LogP contribution is -2.01. The molecule has 0 N–H and O–H groups in total. The summed E-state index contributed by atoms with van der Waals surface area (Å²) in [5.74, 6) is -0.303. The van der Waals surface area contributed by atoms with E-state index in [0.717, 1.165) is 11.9 Å². The molecule has 0 spiro atoms. The van der Waals surface area contributed by atoms with Gasteiger partial charge in [0.05, 0.1) is 12.7 Å². The summed E-state index contributed by atoms with van der Waals surface area (Å²) in [7, 11) is 3.40. The van der Waals surface area contributed by atoms with Crippen LogP contribution in [0, 0.1) is 0 Å². The summed E-state index contributed by atoms with van der Waals surface area (Å²) < 4.78 is 6.83. The number of ether oxygens (including phenoxy) is 1. The number of aryl methyl sites for hydroxylation is 1. The van der Waals surface area contributed by atoms with Gasteiger partial charge in [-0.1, -0.05) is 36.4 Å². The van der Waals surface area contributed by atoms with E-state index >= 15 is 0 Å². The standard InChI is InChI=1S/C18H17NO2/c1-19-12-15(10-13-6-4-3-5-7-13)16-9-8-14(11-17(16)19)18(20)21-2/h3-9,11-12H,10H2,1-2H3. The third-order valence-electron chi connectivity index (χ3n) is 3.73. The van der Waals surface area contributed by atoms with Crippen LogP contribution in [0.5, 0.6) is 0 Å². The summed E-state index contributed by atoms with van der Waals surface area (Å²) in [6.07, 6.45) is 3.01. The van der Waals surface area contributed by atoms with Crippen molar-refractivity contribution in [1.29, 1.82) is 0 Å². The van der Waals surface area contributed by atoms with Crippen molar-refractivity contribution in [2.45, 2.75) is 6.42 Å². The van der Waals surface area contributed by atoms with E-state index in [0.29, 0.717) is 5.56 Å². The van der Waals surface area contributed by atoms with Crippen LogP contribution in [0.1, 0.15) is 21.5 Å². The Morgan fingerprint density at radius 1 is 1.14 bits per heavy atom. The summed E-state index contributed by atoms with van der Waals surface area (Å²) >= 11 is 0. The number of hydrogen-bond donors (Lipinski definition) is 0. The second kappa shape index (κ2) is 5.44. The topological polar surface area (TPSA) is 31.2 Å². The average molecular weight is 279 g/mol. The molecule has 0 saturated heterocycles. The van der Waals surface area contributed by atoms with Gasteiger partial charge in [0, 0.05) is 24.1 Å². The van der Waals surface area contributed by atoms with Gasteiger partial charge in [0.25, 0.3) is 0 Å². The van der Waals surface area contributed by atoms with Crippen LogP contribution in [0.15, 0.2) is 54.7 Å². The highest BCUT2D eigenvalue weighted by molar-refractivity contribution is 5.95. The largest absolute Gasteiger partial charge is 0.465 e. The molecule has 0 amide bonds. The molecule has 0 aliphatic carbocycles. The zero-order chi connectivity index (χ0) is 14.8. The molecule has 0 bridgehead atoms. The Kier molecular flexibility index (Phi) is 3.48. The van der Waals surface area contributed by atoms with Crippen LogP contribution in [0.4, 0.5) is 0 Å². The van der Waals surface area contributed by atoms with Crippen molar-refractivity contribution in [1.82, 2.24) is 4.57 Å². The first-order chi connectivity index (χ1) is 10.2. The quantitative estimate of drug-likeness (QED) is 0.686. The zero-order valence-corrected chi connectivity index (χ0v) is 12.2. The first-order valence-electron chi connectivity index (χ1n) is 6.89. The van der Waals surface area contributed by atoms with E-state index in [2.05, 4.69) is 35.0 Å². The number of esters is 1. The Balaban J connectivity index is 2.03. The van der Waals surface area contributed by atoms with E-state index in [1.54, 1.807) is 0 Å². The fourth-order valence-electron chi connectivity index (χ4n) is 2.67. The number of fused-ring (bicyclic) bond motifs is 1. The molecule has 1 heterocycles. The summed E-state index contributed by atoms with van der Waals surface area (Å²) in [5, 5.41) is 1.18. The van der Waals surface area contributed by atoms with E-state index in [1.807, 2.05) is 31.3 Å². The fourth-order valence-corrected chi connectivity index (χ4v) is 2.67. The van der Waals surface area contributed by atoms with Crippen LogP contribution >= 0.6 is 0 Å². The van der Waals surface area contributed by atoms with Crippen molar-refractivity contribution in [3.05, 3.63) is 71.4 Å². The number of rotatable bonds is 3. The molecule has 0 aliphatic heterocycles. The third-order valence-corrected chi connectivity index (χ3v) is 3.73. The normalized spacial score (nSPS) is 10.8. The van der Waals surface area contributed by atoms with E-state index in [1.165, 1.54) is 23.6 Å². The summed E-state index contributed by atoms with van der Waals surface area (Å²) in [6, 6.07) is 16.1. The molecule has 0 unspecified atom stereocenters. The number of carbonyl (C=O) groups excluding carboxylic acids is 1. The Bertz CT molecular complexity index is 788. The SMILES string of the molecule is COC(=O)c1ccc2c(Cc3ccccc3)cn(C)c2c1. The van der Waals surface area contributed by atoms with Gasteiger partial charge in [0.2, 0.25) is 0 Å². The number of methoxy groups -OCH3 is 1. The maximum atomic E-state index is 11.6. The average Bonchev–Trinajstić information content (AvgIpc) is 2.83. The molecular weight excluding hydrogens is 262 g/mol. The van der Waals surface area contributed by atoms with Crippen LogP contribution < -0.4 is 0 Å². The molecule has 0 aliphatic rings. The molecular formula is C18H17NO2. The van der Waals surface area contributed by atoms with Crippen LogP contribution in [0.3, 0.4) is 0 Å². The molecule has 0 saturated carbocycles. The Hall–Kier alpha value is -2.55. The molecule has 3 nitrogen and oxygen atoms in total. The lowest BCUT2D eigenvalue weighted by molar-refractivity contribution is 0.0601. The number of carbonyl (C=O) groups is 1. The van der Waals surface area contributed by atoms with Crippen LogP contribution in [0.2, 0.25) is 0 Å². The fraction of sp³-hybridized carbons (Fsp3) is 0.167. The van der Waals surface area contributed by atoms with Crippen molar-refractivity contribution in [2.75, 3.05) is 7.11 Å². The molecule has 106 valence electrons. The molecule has 1 aromatic heterocycles. The van der Waals surface area contributed by atoms with Crippen molar-refractivity contribution in [3.63, 3.8) is 0 Å². The van der Waals surface area contributed by atoms with E-state index in [-0.39, 0.29) is 5.97 Å². The minimum Gasteiger partial charge on any atom is -0.465 e. The molecule has 3 rings (SSSR count). The summed E-state index contributed by atoms with van der Waals surface area (Å²) in [6.45, 7) is 0. The first-order valence-corrected chi connectivity index (χ1v) is 6.89. The van der Waals surface area contributed by atoms with Gasteiger partial charge in [-0.2, -0.15) is 0 Å². The van der Waals surface area contributed by atoms with Crippen LogP contribution in [0.25, 0.3) is 10.9 Å². The zero-order valence-electron chi connectivity index (χ0n) is 12.2.